The van der Waals surface area contributed by atoms with Gasteiger partial charge in [-0.15, -0.1) is 0 Å². The highest BCUT2D eigenvalue weighted by Gasteiger charge is 2.22. The number of allylic oxidation sites excluding steroid dienone is 2. The molecule has 58 heavy (non-hydrogen) atoms. The van der Waals surface area contributed by atoms with E-state index in [0.717, 1.165) is 0 Å². The Hall–Kier alpha value is -7.28. The summed E-state index contributed by atoms with van der Waals surface area (Å²) in [6.07, 6.45) is 4.55. The summed E-state index contributed by atoms with van der Waals surface area (Å²) in [5.41, 5.74) is 14.9. The van der Waals surface area contributed by atoms with Crippen LogP contribution in [0.5, 0.6) is 0 Å². The van der Waals surface area contributed by atoms with Crippen molar-refractivity contribution in [1.29, 1.82) is 0 Å². The zero-order valence-corrected chi connectivity index (χ0v) is 32.8. The third kappa shape index (κ3) is 6.30. The first-order valence-electron chi connectivity index (χ1n) is 20.2. The molecular formula is C58H42. The highest BCUT2D eigenvalue weighted by molar-refractivity contribution is 6.30. The van der Waals surface area contributed by atoms with Crippen LogP contribution in [-0.4, -0.2) is 0 Å². The fourth-order valence-electron chi connectivity index (χ4n) is 9.02. The van der Waals surface area contributed by atoms with E-state index in [-0.39, 0.29) is 0 Å². The fraction of sp³-hybridized carbons (Fsp3) is 0.0345. The third-order valence-corrected chi connectivity index (χ3v) is 11.7. The van der Waals surface area contributed by atoms with Gasteiger partial charge in [0.2, 0.25) is 0 Å². The van der Waals surface area contributed by atoms with E-state index in [9.17, 15) is 0 Å². The molecule has 0 aliphatic carbocycles. The highest BCUT2D eigenvalue weighted by atomic mass is 14.2. The van der Waals surface area contributed by atoms with E-state index in [4.69, 9.17) is 0 Å². The lowest BCUT2D eigenvalue weighted by Gasteiger charge is -2.22. The summed E-state index contributed by atoms with van der Waals surface area (Å²) in [5.74, 6) is 0. The zero-order chi connectivity index (χ0) is 39.0. The average Bonchev–Trinajstić information content (AvgIpc) is 3.28. The Labute approximate surface area is 340 Å². The molecule has 0 N–H and O–H groups in total. The van der Waals surface area contributed by atoms with Crippen molar-refractivity contribution in [2.45, 2.75) is 13.8 Å². The van der Waals surface area contributed by atoms with Crippen molar-refractivity contribution in [3.8, 4) is 33.4 Å². The molecule has 0 spiro atoms. The lowest BCUT2D eigenvalue weighted by Crippen LogP contribution is -1.95. The Morgan fingerprint density at radius 3 is 0.862 bits per heavy atom. The first-order valence-corrected chi connectivity index (χ1v) is 20.2. The van der Waals surface area contributed by atoms with E-state index in [1.807, 2.05) is 0 Å². The molecule has 0 amide bonds. The van der Waals surface area contributed by atoms with Gasteiger partial charge in [-0.1, -0.05) is 206 Å². The highest BCUT2D eigenvalue weighted by Crippen LogP contribution is 2.50. The average molecular weight is 739 g/mol. The SMILES string of the molecule is CC(=Cc1ccccc1)c1cccc(-c2c3ccccc3c(-c3c4ccccc4c(-c4cccc(/C(C)=C/c5ccccc5)c4)c4ccccc34)c3ccccc23)c1. The van der Waals surface area contributed by atoms with E-state index >= 15 is 0 Å². The number of hydrogen-bond donors (Lipinski definition) is 0. The van der Waals surface area contributed by atoms with Crippen LogP contribution in [0.2, 0.25) is 0 Å². The third-order valence-electron chi connectivity index (χ3n) is 11.7. The molecule has 0 saturated carbocycles. The summed E-state index contributed by atoms with van der Waals surface area (Å²) in [5, 5.41) is 10.0. The van der Waals surface area contributed by atoms with Crippen LogP contribution >= 0.6 is 0 Å². The lowest BCUT2D eigenvalue weighted by molar-refractivity contribution is 1.56. The topological polar surface area (TPSA) is 0 Å². The van der Waals surface area contributed by atoms with Gasteiger partial charge in [-0.05, 0) is 136 Å². The molecule has 0 aromatic heterocycles. The van der Waals surface area contributed by atoms with E-state index in [1.54, 1.807) is 0 Å². The molecule has 10 rings (SSSR count). The summed E-state index contributed by atoms with van der Waals surface area (Å²) in [6.45, 7) is 4.42. The van der Waals surface area contributed by atoms with Crippen molar-refractivity contribution in [1.82, 2.24) is 0 Å². The second-order valence-electron chi connectivity index (χ2n) is 15.3. The van der Waals surface area contributed by atoms with Crippen LogP contribution in [0.15, 0.2) is 206 Å². The first-order chi connectivity index (χ1) is 28.6. The molecule has 0 heteroatoms. The molecule has 0 heterocycles. The monoisotopic (exact) mass is 738 g/mol. The normalized spacial score (nSPS) is 12.2. The van der Waals surface area contributed by atoms with E-state index in [2.05, 4.69) is 232 Å². The smallest absolute Gasteiger partial charge is 0.00139 e. The Kier molecular flexibility index (Phi) is 9.09. The van der Waals surface area contributed by atoms with Crippen molar-refractivity contribution in [2.24, 2.45) is 0 Å². The van der Waals surface area contributed by atoms with Gasteiger partial charge < -0.3 is 0 Å². The zero-order valence-electron chi connectivity index (χ0n) is 32.8. The Morgan fingerprint density at radius 1 is 0.276 bits per heavy atom. The minimum atomic E-state index is 1.21. The molecular weight excluding hydrogens is 697 g/mol. The number of fused-ring (bicyclic) bond motifs is 4. The molecule has 0 aliphatic rings. The van der Waals surface area contributed by atoms with Crippen LogP contribution in [0.25, 0.3) is 99.8 Å². The van der Waals surface area contributed by atoms with Gasteiger partial charge in [0.15, 0.2) is 0 Å². The van der Waals surface area contributed by atoms with Gasteiger partial charge in [0.05, 0.1) is 0 Å². The molecule has 10 aromatic carbocycles. The quantitative estimate of drug-likeness (QED) is 0.113. The van der Waals surface area contributed by atoms with E-state index in [0.29, 0.717) is 0 Å². The van der Waals surface area contributed by atoms with Crippen molar-refractivity contribution in [2.75, 3.05) is 0 Å². The largest absolute Gasteiger partial charge is 0.0622 e. The summed E-state index contributed by atoms with van der Waals surface area (Å²) in [7, 11) is 0. The fourth-order valence-corrected chi connectivity index (χ4v) is 9.02. The minimum absolute atomic E-state index is 1.21. The molecule has 0 aliphatic heterocycles. The second kappa shape index (κ2) is 15.0. The van der Waals surface area contributed by atoms with Crippen molar-refractivity contribution in [3.05, 3.63) is 229 Å². The molecule has 0 saturated heterocycles. The second-order valence-corrected chi connectivity index (χ2v) is 15.3. The molecule has 10 aromatic rings. The van der Waals surface area contributed by atoms with Crippen LogP contribution in [0.1, 0.15) is 36.1 Å². The van der Waals surface area contributed by atoms with Gasteiger partial charge in [-0.25, -0.2) is 0 Å². The number of benzene rings is 10. The predicted octanol–water partition coefficient (Wildman–Crippen LogP) is 16.4. The molecule has 0 radical (unpaired) electrons. The van der Waals surface area contributed by atoms with Crippen LogP contribution in [0.3, 0.4) is 0 Å². The van der Waals surface area contributed by atoms with Crippen LogP contribution in [0.4, 0.5) is 0 Å². The van der Waals surface area contributed by atoms with Gasteiger partial charge in [-0.3, -0.25) is 0 Å². The molecule has 0 unspecified atom stereocenters. The summed E-state index contributed by atoms with van der Waals surface area (Å²) < 4.78 is 0. The maximum absolute atomic E-state index is 2.37. The number of rotatable bonds is 7. The Bertz CT molecular complexity index is 2880. The van der Waals surface area contributed by atoms with Crippen molar-refractivity contribution in [3.63, 3.8) is 0 Å². The lowest BCUT2D eigenvalue weighted by atomic mass is 9.80. The van der Waals surface area contributed by atoms with Crippen LogP contribution in [-0.2, 0) is 0 Å². The van der Waals surface area contributed by atoms with E-state index < -0.39 is 0 Å². The van der Waals surface area contributed by atoms with Gasteiger partial charge in [-0.2, -0.15) is 0 Å². The molecule has 0 fully saturated rings. The van der Waals surface area contributed by atoms with Crippen LogP contribution in [0, 0.1) is 0 Å². The standard InChI is InChI=1S/C58H42/c1-39(35-41-19-5-3-6-20-41)43-23-17-25-45(37-43)55-47-27-9-13-31-51(47)57(52-32-14-10-28-48(52)55)58-53-33-15-11-29-49(53)56(50-30-12-16-34-54(50)58)46-26-18-24-44(38-46)40(2)36-42-21-7-4-8-22-42/h3-38H,1-2H3/b39-35+,40-36?. The van der Waals surface area contributed by atoms with Gasteiger partial charge in [0, 0.05) is 0 Å². The molecule has 0 atom stereocenters. The molecule has 274 valence electrons. The maximum atomic E-state index is 2.37. The van der Waals surface area contributed by atoms with Gasteiger partial charge in [0.1, 0.15) is 0 Å². The predicted molar refractivity (Wildman–Crippen MR) is 253 cm³/mol. The van der Waals surface area contributed by atoms with Gasteiger partial charge in [0.25, 0.3) is 0 Å². The van der Waals surface area contributed by atoms with Gasteiger partial charge >= 0.3 is 0 Å². The van der Waals surface area contributed by atoms with Crippen molar-refractivity contribution < 1.29 is 0 Å². The summed E-state index contributed by atoms with van der Waals surface area (Å²) in [6, 6.07) is 75.4. The Morgan fingerprint density at radius 2 is 0.552 bits per heavy atom. The maximum Gasteiger partial charge on any atom is -0.00139 e. The Balaban J connectivity index is 1.22. The molecule has 0 nitrogen and oxygen atoms in total. The molecule has 0 bridgehead atoms. The van der Waals surface area contributed by atoms with E-state index in [1.165, 1.54) is 110 Å². The summed E-state index contributed by atoms with van der Waals surface area (Å²) in [4.78, 5) is 0. The number of hydrogen-bond acceptors (Lipinski definition) is 0. The van der Waals surface area contributed by atoms with Crippen LogP contribution < -0.4 is 0 Å². The van der Waals surface area contributed by atoms with Crippen molar-refractivity contribution >= 4 is 66.4 Å². The first kappa shape index (κ1) is 35.2. The summed E-state index contributed by atoms with van der Waals surface area (Å²) >= 11 is 0. The minimum Gasteiger partial charge on any atom is -0.0622 e.